The van der Waals surface area contributed by atoms with Gasteiger partial charge in [-0.05, 0) is 41.8 Å². The first-order chi connectivity index (χ1) is 14.6. The number of fused-ring (bicyclic) bond motifs is 1. The van der Waals surface area contributed by atoms with Crippen LogP contribution in [0.4, 0.5) is 0 Å². The van der Waals surface area contributed by atoms with Crippen LogP contribution in [0.3, 0.4) is 0 Å². The van der Waals surface area contributed by atoms with Crippen molar-refractivity contribution in [2.75, 3.05) is 20.2 Å². The molecule has 3 aromatic carbocycles. The highest BCUT2D eigenvalue weighted by molar-refractivity contribution is 6.09. The van der Waals surface area contributed by atoms with Crippen LogP contribution in [0.2, 0.25) is 0 Å². The van der Waals surface area contributed by atoms with Crippen LogP contribution < -0.4 is 0 Å². The summed E-state index contributed by atoms with van der Waals surface area (Å²) in [4.78, 5) is 39.8. The zero-order chi connectivity index (χ0) is 21.1. The normalized spacial score (nSPS) is 16.3. The number of carbonyl (C=O) groups excluding carboxylic acids is 3. The molecule has 152 valence electrons. The number of hydrogen-bond donors (Lipinski definition) is 0. The summed E-state index contributed by atoms with van der Waals surface area (Å²) in [7, 11) is 1.31. The number of methoxy groups -OCH3 is 1. The van der Waals surface area contributed by atoms with E-state index in [1.54, 1.807) is 29.2 Å². The molecular formula is C25H23NO4. The lowest BCUT2D eigenvalue weighted by Crippen LogP contribution is -2.42. The van der Waals surface area contributed by atoms with E-state index < -0.39 is 5.97 Å². The fraction of sp³-hybridized carbons (Fsp3) is 0.240. The molecule has 0 N–H and O–H groups in total. The highest BCUT2D eigenvalue weighted by atomic mass is 16.5. The Labute approximate surface area is 175 Å². The first-order valence-electron chi connectivity index (χ1n) is 10.1. The molecule has 1 amide bonds. The molecule has 1 aliphatic heterocycles. The van der Waals surface area contributed by atoms with Crippen LogP contribution in [0, 0.1) is 5.92 Å². The minimum Gasteiger partial charge on any atom is -0.465 e. The minimum atomic E-state index is -0.479. The van der Waals surface area contributed by atoms with E-state index in [1.165, 1.54) is 7.11 Å². The first-order valence-corrected chi connectivity index (χ1v) is 10.1. The van der Waals surface area contributed by atoms with Crippen molar-refractivity contribution in [3.8, 4) is 0 Å². The van der Waals surface area contributed by atoms with Crippen molar-refractivity contribution in [1.29, 1.82) is 0 Å². The molecule has 0 radical (unpaired) electrons. The van der Waals surface area contributed by atoms with Gasteiger partial charge in [0.05, 0.1) is 12.7 Å². The zero-order valence-corrected chi connectivity index (χ0v) is 16.8. The van der Waals surface area contributed by atoms with Crippen molar-refractivity contribution in [2.45, 2.75) is 12.8 Å². The number of likely N-dealkylation sites (tertiary alicyclic amines) is 1. The molecule has 4 rings (SSSR count). The number of rotatable bonds is 4. The van der Waals surface area contributed by atoms with E-state index in [2.05, 4.69) is 0 Å². The zero-order valence-electron chi connectivity index (χ0n) is 16.8. The van der Waals surface area contributed by atoms with Crippen LogP contribution in [-0.2, 0) is 4.74 Å². The lowest BCUT2D eigenvalue weighted by Gasteiger charge is -2.32. The van der Waals surface area contributed by atoms with Gasteiger partial charge in [0.1, 0.15) is 0 Å². The Balaban J connectivity index is 1.55. The van der Waals surface area contributed by atoms with Crippen LogP contribution >= 0.6 is 0 Å². The van der Waals surface area contributed by atoms with Gasteiger partial charge >= 0.3 is 5.97 Å². The number of hydrogen-bond acceptors (Lipinski definition) is 4. The summed E-state index contributed by atoms with van der Waals surface area (Å²) in [5.41, 5.74) is 1.47. The molecule has 0 aromatic heterocycles. The Hall–Kier alpha value is -3.47. The molecule has 0 bridgehead atoms. The van der Waals surface area contributed by atoms with Gasteiger partial charge in [-0.3, -0.25) is 9.59 Å². The topological polar surface area (TPSA) is 63.7 Å². The summed E-state index contributed by atoms with van der Waals surface area (Å²) in [5, 5.41) is 1.98. The molecule has 0 saturated carbocycles. The van der Waals surface area contributed by atoms with E-state index in [1.807, 2.05) is 42.5 Å². The van der Waals surface area contributed by atoms with E-state index in [0.29, 0.717) is 29.8 Å². The maximum Gasteiger partial charge on any atom is 0.337 e. The summed E-state index contributed by atoms with van der Waals surface area (Å²) in [6.07, 6.45) is 1.53. The summed E-state index contributed by atoms with van der Waals surface area (Å²) < 4.78 is 4.74. The molecule has 1 fully saturated rings. The number of carbonyl (C=O) groups is 3. The highest BCUT2D eigenvalue weighted by Gasteiger charge is 2.30. The minimum absolute atomic E-state index is 0.0765. The fourth-order valence-electron chi connectivity index (χ4n) is 4.12. The predicted octanol–water partition coefficient (Wildman–Crippen LogP) is 4.36. The number of benzene rings is 3. The van der Waals surface area contributed by atoms with Gasteiger partial charge in [-0.2, -0.15) is 0 Å². The lowest BCUT2D eigenvalue weighted by atomic mass is 9.87. The van der Waals surface area contributed by atoms with E-state index in [0.717, 1.165) is 23.6 Å². The van der Waals surface area contributed by atoms with Gasteiger partial charge < -0.3 is 9.64 Å². The maximum absolute atomic E-state index is 13.3. The molecule has 30 heavy (non-hydrogen) atoms. The number of ether oxygens (including phenoxy) is 1. The second-order valence-corrected chi connectivity index (χ2v) is 7.55. The molecule has 3 aromatic rings. The number of nitrogens with zero attached hydrogens (tertiary/aromatic N) is 1. The molecule has 0 unspecified atom stereocenters. The number of ketones is 1. The van der Waals surface area contributed by atoms with Crippen molar-refractivity contribution >= 4 is 28.4 Å². The molecule has 5 nitrogen and oxygen atoms in total. The quantitative estimate of drug-likeness (QED) is 0.481. The standard InChI is InChI=1S/C25H23NO4/c1-30-25(29)19-10-4-9-18(15-19)24(28)26-14-6-11-20(16-26)23(27)22-13-5-8-17-7-2-3-12-21(17)22/h2-5,7-10,12-13,15,20H,6,11,14,16H2,1H3/t20-/m1/s1. The fourth-order valence-corrected chi connectivity index (χ4v) is 4.12. The van der Waals surface area contributed by atoms with Crippen LogP contribution in [0.15, 0.2) is 66.7 Å². The third-order valence-corrected chi connectivity index (χ3v) is 5.67. The molecule has 5 heteroatoms. The van der Waals surface area contributed by atoms with Crippen LogP contribution in [0.1, 0.15) is 43.9 Å². The second-order valence-electron chi connectivity index (χ2n) is 7.55. The van der Waals surface area contributed by atoms with Gasteiger partial charge in [-0.1, -0.05) is 48.5 Å². The van der Waals surface area contributed by atoms with E-state index in [9.17, 15) is 14.4 Å². The van der Waals surface area contributed by atoms with E-state index in [4.69, 9.17) is 4.74 Å². The van der Waals surface area contributed by atoms with Crippen LogP contribution in [-0.4, -0.2) is 42.8 Å². The van der Waals surface area contributed by atoms with Crippen molar-refractivity contribution in [2.24, 2.45) is 5.92 Å². The van der Waals surface area contributed by atoms with Crippen molar-refractivity contribution in [1.82, 2.24) is 4.90 Å². The summed E-state index contributed by atoms with van der Waals surface area (Å²) >= 11 is 0. The Morgan fingerprint density at radius 1 is 0.933 bits per heavy atom. The number of esters is 1. The van der Waals surface area contributed by atoms with Gasteiger partial charge in [0, 0.05) is 30.1 Å². The molecule has 1 aliphatic rings. The second kappa shape index (κ2) is 8.49. The van der Waals surface area contributed by atoms with Crippen LogP contribution in [0.5, 0.6) is 0 Å². The summed E-state index contributed by atoms with van der Waals surface area (Å²) in [5.74, 6) is -0.812. The summed E-state index contributed by atoms with van der Waals surface area (Å²) in [6.45, 7) is 0.976. The van der Waals surface area contributed by atoms with Gasteiger partial charge in [0.2, 0.25) is 0 Å². The SMILES string of the molecule is COC(=O)c1cccc(C(=O)N2CCC[C@@H](C(=O)c3cccc4ccccc34)C2)c1. The first kappa shape index (κ1) is 19.8. The van der Waals surface area contributed by atoms with E-state index >= 15 is 0 Å². The maximum atomic E-state index is 13.3. The Morgan fingerprint density at radius 2 is 1.67 bits per heavy atom. The van der Waals surface area contributed by atoms with Gasteiger partial charge in [-0.15, -0.1) is 0 Å². The Morgan fingerprint density at radius 3 is 2.50 bits per heavy atom. The molecule has 1 heterocycles. The number of Topliss-reactive ketones (excluding diaryl/α,β-unsaturated/α-hetero) is 1. The van der Waals surface area contributed by atoms with Crippen molar-refractivity contribution in [3.63, 3.8) is 0 Å². The molecule has 1 saturated heterocycles. The molecule has 1 atom stereocenters. The van der Waals surface area contributed by atoms with Gasteiger partial charge in [-0.25, -0.2) is 4.79 Å². The molecule has 0 aliphatic carbocycles. The van der Waals surface area contributed by atoms with Gasteiger partial charge in [0.15, 0.2) is 5.78 Å². The molecule has 0 spiro atoms. The molecular weight excluding hydrogens is 378 g/mol. The predicted molar refractivity (Wildman–Crippen MR) is 115 cm³/mol. The average molecular weight is 401 g/mol. The average Bonchev–Trinajstić information content (AvgIpc) is 2.82. The smallest absolute Gasteiger partial charge is 0.337 e. The Bertz CT molecular complexity index is 1120. The Kier molecular flexibility index (Phi) is 5.61. The highest BCUT2D eigenvalue weighted by Crippen LogP contribution is 2.26. The number of amides is 1. The third kappa shape index (κ3) is 3.83. The van der Waals surface area contributed by atoms with Crippen molar-refractivity contribution in [3.05, 3.63) is 83.4 Å². The van der Waals surface area contributed by atoms with Crippen molar-refractivity contribution < 1.29 is 19.1 Å². The lowest BCUT2D eigenvalue weighted by molar-refractivity contribution is 0.0600. The van der Waals surface area contributed by atoms with Gasteiger partial charge in [0.25, 0.3) is 5.91 Å². The van der Waals surface area contributed by atoms with Crippen LogP contribution in [0.25, 0.3) is 10.8 Å². The largest absolute Gasteiger partial charge is 0.465 e. The summed E-state index contributed by atoms with van der Waals surface area (Å²) in [6, 6.07) is 20.1. The third-order valence-electron chi connectivity index (χ3n) is 5.67. The monoisotopic (exact) mass is 401 g/mol. The number of piperidine rings is 1. The van der Waals surface area contributed by atoms with E-state index in [-0.39, 0.29) is 17.6 Å².